The molecule has 1 N–H and O–H groups in total. The summed E-state index contributed by atoms with van der Waals surface area (Å²) in [5.41, 5.74) is 2.85. The molecule has 0 spiro atoms. The number of benzene rings is 1. The molecule has 5 rings (SSSR count). The number of aryl methyl sites for hydroxylation is 1. The van der Waals surface area contributed by atoms with Gasteiger partial charge in [0, 0.05) is 29.5 Å². The Morgan fingerprint density at radius 2 is 2.03 bits per heavy atom. The van der Waals surface area contributed by atoms with E-state index in [1.165, 1.54) is 0 Å². The molecule has 6 nitrogen and oxygen atoms in total. The van der Waals surface area contributed by atoms with Crippen molar-refractivity contribution in [3.05, 3.63) is 40.7 Å². The molecule has 1 aromatic carbocycles. The molecule has 0 aliphatic carbocycles. The monoisotopic (exact) mass is 443 g/mol. The average Bonchev–Trinajstić information content (AvgIpc) is 3.16. The van der Waals surface area contributed by atoms with Gasteiger partial charge in [-0.3, -0.25) is 0 Å². The van der Waals surface area contributed by atoms with Crippen molar-refractivity contribution < 1.29 is 23.4 Å². The van der Waals surface area contributed by atoms with Gasteiger partial charge in [-0.05, 0) is 57.2 Å². The minimum absolute atomic E-state index is 0.153. The molecular formula is C24H27F2N3O3. The van der Waals surface area contributed by atoms with Gasteiger partial charge in [0.2, 0.25) is 5.88 Å². The van der Waals surface area contributed by atoms with Gasteiger partial charge in [0.05, 0.1) is 35.2 Å². The van der Waals surface area contributed by atoms with E-state index in [0.29, 0.717) is 35.4 Å². The molecule has 0 bridgehead atoms. The Morgan fingerprint density at radius 3 is 2.75 bits per heavy atom. The van der Waals surface area contributed by atoms with Crippen LogP contribution >= 0.6 is 0 Å². The number of nitrogens with zero attached hydrogens (tertiary/aromatic N) is 3. The molecule has 2 aliphatic heterocycles. The minimum Gasteiger partial charge on any atom is -0.493 e. The lowest BCUT2D eigenvalue weighted by atomic mass is 9.86. The lowest BCUT2D eigenvalue weighted by Gasteiger charge is -2.33. The number of fused-ring (bicyclic) bond motifs is 2. The summed E-state index contributed by atoms with van der Waals surface area (Å²) >= 11 is 0. The number of ether oxygens (including phenoxy) is 2. The molecule has 1 saturated heterocycles. The molecule has 4 heterocycles. The Kier molecular flexibility index (Phi) is 5.17. The van der Waals surface area contributed by atoms with Crippen LogP contribution in [0.3, 0.4) is 0 Å². The highest BCUT2D eigenvalue weighted by atomic mass is 19.3. The van der Waals surface area contributed by atoms with E-state index in [2.05, 4.69) is 10.1 Å². The summed E-state index contributed by atoms with van der Waals surface area (Å²) in [5.74, 6) is -0.620. The zero-order valence-electron chi connectivity index (χ0n) is 18.5. The number of hydrogen-bond donors (Lipinski definition) is 1. The fourth-order valence-corrected chi connectivity index (χ4v) is 4.90. The van der Waals surface area contributed by atoms with Crippen molar-refractivity contribution in [2.24, 2.45) is 0 Å². The summed E-state index contributed by atoms with van der Waals surface area (Å²) in [5, 5.41) is 15.9. The summed E-state index contributed by atoms with van der Waals surface area (Å²) in [6, 6.07) is 3.86. The van der Waals surface area contributed by atoms with Gasteiger partial charge >= 0.3 is 0 Å². The van der Waals surface area contributed by atoms with Gasteiger partial charge in [0.25, 0.3) is 6.43 Å². The number of aromatic hydroxyl groups is 1. The second-order valence-corrected chi connectivity index (χ2v) is 9.28. The van der Waals surface area contributed by atoms with Crippen LogP contribution in [-0.2, 0) is 22.5 Å². The SMILES string of the molecule is Cc1ccc2c(cnn2C2CCCCO2)c1-c1c2c(nc(O)c1C(F)F)CC(C)(C)OC2. The molecule has 3 aromatic rings. The van der Waals surface area contributed by atoms with E-state index in [0.717, 1.165) is 35.7 Å². The Balaban J connectivity index is 1.78. The number of rotatable bonds is 3. The van der Waals surface area contributed by atoms with Crippen molar-refractivity contribution in [2.45, 2.75) is 71.3 Å². The molecular weight excluding hydrogens is 416 g/mol. The van der Waals surface area contributed by atoms with Gasteiger partial charge in [-0.25, -0.2) is 18.4 Å². The van der Waals surface area contributed by atoms with E-state index in [-0.39, 0.29) is 12.8 Å². The minimum atomic E-state index is -2.89. The predicted octanol–water partition coefficient (Wildman–Crippen LogP) is 5.60. The predicted molar refractivity (Wildman–Crippen MR) is 116 cm³/mol. The van der Waals surface area contributed by atoms with Gasteiger partial charge in [-0.1, -0.05) is 6.07 Å². The number of aromatic nitrogens is 3. The topological polar surface area (TPSA) is 69.4 Å². The second-order valence-electron chi connectivity index (χ2n) is 9.28. The summed E-state index contributed by atoms with van der Waals surface area (Å²) in [6.45, 7) is 6.57. The highest BCUT2D eigenvalue weighted by molar-refractivity contribution is 5.98. The first-order valence-electron chi connectivity index (χ1n) is 11.0. The Hall–Kier alpha value is -2.58. The van der Waals surface area contributed by atoms with Crippen LogP contribution in [0.2, 0.25) is 0 Å². The van der Waals surface area contributed by atoms with Crippen LogP contribution in [0, 0.1) is 6.92 Å². The van der Waals surface area contributed by atoms with E-state index in [1.54, 1.807) is 6.20 Å². The van der Waals surface area contributed by atoms with Gasteiger partial charge in [0.1, 0.15) is 0 Å². The average molecular weight is 443 g/mol. The van der Waals surface area contributed by atoms with E-state index in [4.69, 9.17) is 9.47 Å². The third-order valence-corrected chi connectivity index (χ3v) is 6.49. The summed E-state index contributed by atoms with van der Waals surface area (Å²) in [7, 11) is 0. The summed E-state index contributed by atoms with van der Waals surface area (Å²) < 4.78 is 42.2. The van der Waals surface area contributed by atoms with Crippen LogP contribution in [0.1, 0.15) is 68.1 Å². The number of alkyl halides is 2. The third-order valence-electron chi connectivity index (χ3n) is 6.49. The molecule has 1 fully saturated rings. The fraction of sp³-hybridized carbons (Fsp3) is 0.500. The van der Waals surface area contributed by atoms with E-state index in [9.17, 15) is 13.9 Å². The molecule has 2 aliphatic rings. The second kappa shape index (κ2) is 7.78. The highest BCUT2D eigenvalue weighted by Gasteiger charge is 2.35. The van der Waals surface area contributed by atoms with E-state index < -0.39 is 23.5 Å². The first-order chi connectivity index (χ1) is 15.3. The van der Waals surface area contributed by atoms with Crippen LogP contribution < -0.4 is 0 Å². The first kappa shape index (κ1) is 21.3. The molecule has 170 valence electrons. The van der Waals surface area contributed by atoms with Crippen LogP contribution in [0.15, 0.2) is 18.3 Å². The van der Waals surface area contributed by atoms with Crippen molar-refractivity contribution in [3.63, 3.8) is 0 Å². The number of hydrogen-bond acceptors (Lipinski definition) is 5. The number of pyridine rings is 1. The standard InChI is InChI=1S/C24H27F2N3O3/c1-13-7-8-17-14(11-27-29(17)18-6-4-5-9-31-18)19(13)20-15-12-32-24(2,3)10-16(15)28-23(30)21(20)22(25)26/h7-8,11,18,22H,4-6,9-10,12H2,1-3H3,(H,28,30). The smallest absolute Gasteiger partial charge is 0.269 e. The molecule has 0 amide bonds. The lowest BCUT2D eigenvalue weighted by molar-refractivity contribution is -0.0413. The summed E-state index contributed by atoms with van der Waals surface area (Å²) in [6.07, 6.45) is 2.02. The Bertz CT molecular complexity index is 1180. The Labute approximate surface area is 185 Å². The van der Waals surface area contributed by atoms with Crippen molar-refractivity contribution in [1.29, 1.82) is 0 Å². The molecule has 0 saturated carbocycles. The molecule has 2 aromatic heterocycles. The summed E-state index contributed by atoms with van der Waals surface area (Å²) in [4.78, 5) is 4.16. The zero-order chi connectivity index (χ0) is 22.6. The van der Waals surface area contributed by atoms with Crippen LogP contribution in [0.5, 0.6) is 5.88 Å². The van der Waals surface area contributed by atoms with Gasteiger partial charge in [0.15, 0.2) is 6.23 Å². The first-order valence-corrected chi connectivity index (χ1v) is 11.0. The van der Waals surface area contributed by atoms with Crippen molar-refractivity contribution >= 4 is 10.9 Å². The Morgan fingerprint density at radius 1 is 1.22 bits per heavy atom. The molecule has 1 unspecified atom stereocenters. The largest absolute Gasteiger partial charge is 0.493 e. The van der Waals surface area contributed by atoms with E-state index >= 15 is 0 Å². The van der Waals surface area contributed by atoms with Gasteiger partial charge < -0.3 is 14.6 Å². The maximum absolute atomic E-state index is 14.2. The maximum Gasteiger partial charge on any atom is 0.269 e. The molecule has 8 heteroatoms. The normalized spacial score (nSPS) is 20.6. The van der Waals surface area contributed by atoms with E-state index in [1.807, 2.05) is 37.6 Å². The number of halogens is 2. The van der Waals surface area contributed by atoms with Gasteiger partial charge in [-0.15, -0.1) is 0 Å². The third kappa shape index (κ3) is 3.46. The lowest BCUT2D eigenvalue weighted by Crippen LogP contribution is -2.33. The van der Waals surface area contributed by atoms with Crippen LogP contribution in [-0.4, -0.2) is 32.1 Å². The maximum atomic E-state index is 14.2. The van der Waals surface area contributed by atoms with Crippen LogP contribution in [0.4, 0.5) is 8.78 Å². The van der Waals surface area contributed by atoms with Crippen molar-refractivity contribution in [3.8, 4) is 17.0 Å². The molecule has 32 heavy (non-hydrogen) atoms. The van der Waals surface area contributed by atoms with Gasteiger partial charge in [-0.2, -0.15) is 5.10 Å². The molecule has 1 atom stereocenters. The quantitative estimate of drug-likeness (QED) is 0.571. The fourth-order valence-electron chi connectivity index (χ4n) is 4.90. The van der Waals surface area contributed by atoms with Crippen molar-refractivity contribution in [2.75, 3.05) is 6.61 Å². The zero-order valence-corrected chi connectivity index (χ0v) is 18.5. The molecule has 0 radical (unpaired) electrons. The van der Waals surface area contributed by atoms with Crippen LogP contribution in [0.25, 0.3) is 22.0 Å². The highest BCUT2D eigenvalue weighted by Crippen LogP contribution is 2.46. The van der Waals surface area contributed by atoms with Crippen molar-refractivity contribution in [1.82, 2.24) is 14.8 Å².